The van der Waals surface area contributed by atoms with Crippen LogP contribution in [-0.2, 0) is 0 Å². The summed E-state index contributed by atoms with van der Waals surface area (Å²) in [6.45, 7) is 3.69. The smallest absolute Gasteiger partial charge is 0.202 e. The van der Waals surface area contributed by atoms with E-state index in [9.17, 15) is 9.18 Å². The number of aryl methyl sites for hydroxylation is 1. The molecular weight excluding hydrogens is 333 g/mol. The number of halogens is 1. The van der Waals surface area contributed by atoms with E-state index in [1.165, 1.54) is 12.1 Å². The molecule has 0 saturated carbocycles. The van der Waals surface area contributed by atoms with Crippen molar-refractivity contribution in [1.82, 2.24) is 4.57 Å². The maximum Gasteiger partial charge on any atom is 0.202 e. The van der Waals surface area contributed by atoms with Crippen molar-refractivity contribution in [2.75, 3.05) is 13.7 Å². The highest BCUT2D eigenvalue weighted by Gasteiger charge is 2.18. The first-order valence-electron chi connectivity index (χ1n) is 8.25. The van der Waals surface area contributed by atoms with Gasteiger partial charge in [0.05, 0.1) is 7.11 Å². The number of ketones is 1. The van der Waals surface area contributed by atoms with Crippen LogP contribution >= 0.6 is 0 Å². The number of hydrogen-bond donors (Lipinski definition) is 0. The number of para-hydroxylation sites is 2. The average molecular weight is 353 g/mol. The third-order valence-electron chi connectivity index (χ3n) is 4.24. The summed E-state index contributed by atoms with van der Waals surface area (Å²) in [7, 11) is 1.56. The molecule has 134 valence electrons. The summed E-state index contributed by atoms with van der Waals surface area (Å²) in [6.07, 6.45) is 0. The standard InChI is InChI=1S/C21H20FNO3/c1-14-12-18(15(2)23(14)17-10-8-16(22)9-11-17)19(24)13-26-21-7-5-4-6-20(21)25-3/h4-12H,13H2,1-3H3. The Morgan fingerprint density at radius 3 is 2.35 bits per heavy atom. The highest BCUT2D eigenvalue weighted by atomic mass is 19.1. The number of nitrogens with zero attached hydrogens (tertiary/aromatic N) is 1. The van der Waals surface area contributed by atoms with Crippen LogP contribution in [0.25, 0.3) is 5.69 Å². The van der Waals surface area contributed by atoms with Gasteiger partial charge in [0.1, 0.15) is 5.82 Å². The van der Waals surface area contributed by atoms with Gasteiger partial charge in [0.25, 0.3) is 0 Å². The number of rotatable bonds is 6. The van der Waals surface area contributed by atoms with Gasteiger partial charge in [0.15, 0.2) is 18.1 Å². The highest BCUT2D eigenvalue weighted by molar-refractivity contribution is 5.98. The molecule has 0 radical (unpaired) electrons. The van der Waals surface area contributed by atoms with E-state index in [-0.39, 0.29) is 18.2 Å². The van der Waals surface area contributed by atoms with Crippen molar-refractivity contribution in [2.24, 2.45) is 0 Å². The van der Waals surface area contributed by atoms with E-state index >= 15 is 0 Å². The molecule has 1 heterocycles. The Bertz CT molecular complexity index is 929. The fourth-order valence-electron chi connectivity index (χ4n) is 2.99. The topological polar surface area (TPSA) is 40.5 Å². The van der Waals surface area contributed by atoms with Crippen LogP contribution in [0, 0.1) is 19.7 Å². The fraction of sp³-hybridized carbons (Fsp3) is 0.190. The van der Waals surface area contributed by atoms with E-state index < -0.39 is 0 Å². The van der Waals surface area contributed by atoms with Crippen molar-refractivity contribution in [3.8, 4) is 17.2 Å². The fourth-order valence-corrected chi connectivity index (χ4v) is 2.99. The van der Waals surface area contributed by atoms with Crippen molar-refractivity contribution in [3.05, 3.63) is 77.4 Å². The second-order valence-electron chi connectivity index (χ2n) is 5.96. The van der Waals surface area contributed by atoms with E-state index in [1.807, 2.05) is 36.6 Å². The largest absolute Gasteiger partial charge is 0.493 e. The first kappa shape index (κ1) is 17.7. The summed E-state index contributed by atoms with van der Waals surface area (Å²) < 4.78 is 26.0. The monoisotopic (exact) mass is 353 g/mol. The van der Waals surface area contributed by atoms with Gasteiger partial charge in [0.2, 0.25) is 5.78 Å². The molecule has 0 N–H and O–H groups in total. The molecule has 0 atom stereocenters. The highest BCUT2D eigenvalue weighted by Crippen LogP contribution is 2.26. The molecule has 3 aromatic rings. The van der Waals surface area contributed by atoms with Gasteiger partial charge in [-0.3, -0.25) is 4.79 Å². The minimum absolute atomic E-state index is 0.0892. The van der Waals surface area contributed by atoms with Gasteiger partial charge in [-0.05, 0) is 56.3 Å². The number of Topliss-reactive ketones (excluding diaryl/α,β-unsaturated/α-hetero) is 1. The Kier molecular flexibility index (Phi) is 5.07. The lowest BCUT2D eigenvalue weighted by Crippen LogP contribution is -2.13. The molecule has 0 spiro atoms. The predicted octanol–water partition coefficient (Wildman–Crippen LogP) is 4.50. The van der Waals surface area contributed by atoms with Crippen molar-refractivity contribution < 1.29 is 18.7 Å². The summed E-state index contributed by atoms with van der Waals surface area (Å²) in [5.74, 6) is 0.683. The van der Waals surface area contributed by atoms with Crippen LogP contribution < -0.4 is 9.47 Å². The van der Waals surface area contributed by atoms with Crippen molar-refractivity contribution in [1.29, 1.82) is 0 Å². The first-order valence-corrected chi connectivity index (χ1v) is 8.25. The summed E-state index contributed by atoms with van der Waals surface area (Å²) in [5.41, 5.74) is 3.09. The Morgan fingerprint density at radius 1 is 1.04 bits per heavy atom. The van der Waals surface area contributed by atoms with Crippen LogP contribution in [0.2, 0.25) is 0 Å². The van der Waals surface area contributed by atoms with Crippen LogP contribution in [0.4, 0.5) is 4.39 Å². The molecule has 0 fully saturated rings. The third-order valence-corrected chi connectivity index (χ3v) is 4.24. The van der Waals surface area contributed by atoms with Crippen LogP contribution in [-0.4, -0.2) is 24.1 Å². The molecule has 1 aromatic heterocycles. The van der Waals surface area contributed by atoms with Gasteiger partial charge in [-0.15, -0.1) is 0 Å². The molecule has 26 heavy (non-hydrogen) atoms. The number of ether oxygens (including phenoxy) is 2. The predicted molar refractivity (Wildman–Crippen MR) is 98.0 cm³/mol. The molecule has 0 aliphatic rings. The van der Waals surface area contributed by atoms with Gasteiger partial charge in [0, 0.05) is 22.6 Å². The minimum atomic E-state index is -0.294. The lowest BCUT2D eigenvalue weighted by Gasteiger charge is -2.11. The van der Waals surface area contributed by atoms with E-state index in [4.69, 9.17) is 9.47 Å². The Hall–Kier alpha value is -3.08. The third kappa shape index (κ3) is 3.47. The molecule has 0 bridgehead atoms. The SMILES string of the molecule is COc1ccccc1OCC(=O)c1cc(C)n(-c2ccc(F)cc2)c1C. The lowest BCUT2D eigenvalue weighted by atomic mass is 10.1. The normalized spacial score (nSPS) is 10.6. The maximum absolute atomic E-state index is 13.2. The van der Waals surface area contributed by atoms with Gasteiger partial charge in [-0.2, -0.15) is 0 Å². The Labute approximate surface area is 151 Å². The molecule has 4 nitrogen and oxygen atoms in total. The van der Waals surface area contributed by atoms with Crippen molar-refractivity contribution in [3.63, 3.8) is 0 Å². The van der Waals surface area contributed by atoms with E-state index in [0.29, 0.717) is 17.1 Å². The molecule has 0 aliphatic carbocycles. The molecule has 2 aromatic carbocycles. The van der Waals surface area contributed by atoms with Crippen LogP contribution in [0.1, 0.15) is 21.7 Å². The Balaban J connectivity index is 1.82. The summed E-state index contributed by atoms with van der Waals surface area (Å²) >= 11 is 0. The zero-order valence-corrected chi connectivity index (χ0v) is 15.0. The van der Waals surface area contributed by atoms with E-state index in [0.717, 1.165) is 17.1 Å². The van der Waals surface area contributed by atoms with Gasteiger partial charge < -0.3 is 14.0 Å². The number of carbonyl (C=O) groups excluding carboxylic acids is 1. The van der Waals surface area contributed by atoms with Crippen LogP contribution in [0.15, 0.2) is 54.6 Å². The molecule has 0 amide bonds. The molecule has 5 heteroatoms. The zero-order chi connectivity index (χ0) is 18.7. The quantitative estimate of drug-likeness (QED) is 0.613. The van der Waals surface area contributed by atoms with Crippen LogP contribution in [0.5, 0.6) is 11.5 Å². The lowest BCUT2D eigenvalue weighted by molar-refractivity contribution is 0.0919. The maximum atomic E-state index is 13.2. The molecule has 0 unspecified atom stereocenters. The van der Waals surface area contributed by atoms with Gasteiger partial charge >= 0.3 is 0 Å². The van der Waals surface area contributed by atoms with E-state index in [2.05, 4.69) is 0 Å². The molecular formula is C21H20FNO3. The number of aromatic nitrogens is 1. The summed E-state index contributed by atoms with van der Waals surface area (Å²) in [6, 6.07) is 15.2. The van der Waals surface area contributed by atoms with E-state index in [1.54, 1.807) is 31.4 Å². The van der Waals surface area contributed by atoms with Crippen LogP contribution in [0.3, 0.4) is 0 Å². The Morgan fingerprint density at radius 2 is 1.69 bits per heavy atom. The zero-order valence-electron chi connectivity index (χ0n) is 15.0. The number of hydrogen-bond acceptors (Lipinski definition) is 3. The minimum Gasteiger partial charge on any atom is -0.493 e. The summed E-state index contributed by atoms with van der Waals surface area (Å²) in [4.78, 5) is 12.7. The van der Waals surface area contributed by atoms with Gasteiger partial charge in [-0.25, -0.2) is 4.39 Å². The second kappa shape index (κ2) is 7.44. The van der Waals surface area contributed by atoms with Gasteiger partial charge in [-0.1, -0.05) is 12.1 Å². The molecule has 0 saturated heterocycles. The van der Waals surface area contributed by atoms with Crippen molar-refractivity contribution >= 4 is 5.78 Å². The average Bonchev–Trinajstić information content (AvgIpc) is 2.95. The molecule has 0 aliphatic heterocycles. The first-order chi connectivity index (χ1) is 12.5. The number of methoxy groups -OCH3 is 1. The molecule has 3 rings (SSSR count). The second-order valence-corrected chi connectivity index (χ2v) is 5.96. The summed E-state index contributed by atoms with van der Waals surface area (Å²) in [5, 5.41) is 0. The number of benzene rings is 2. The number of carbonyl (C=O) groups is 1. The van der Waals surface area contributed by atoms with Crippen molar-refractivity contribution in [2.45, 2.75) is 13.8 Å².